The molecule has 5 rings (SSSR count). The van der Waals surface area contributed by atoms with Gasteiger partial charge >= 0.3 is 0 Å². The monoisotopic (exact) mass is 358 g/mol. The molecule has 1 fully saturated rings. The van der Waals surface area contributed by atoms with Gasteiger partial charge in [0.15, 0.2) is 0 Å². The molecule has 1 saturated heterocycles. The fourth-order valence-electron chi connectivity index (χ4n) is 3.72. The van der Waals surface area contributed by atoms with Gasteiger partial charge in [-0.05, 0) is 29.0 Å². The Kier molecular flexibility index (Phi) is 4.75. The zero-order chi connectivity index (χ0) is 17.3. The minimum atomic E-state index is 0. The molecule has 0 radical (unpaired) electrons. The minimum Gasteiger partial charge on any atom is -0.412 e. The average molecular weight is 358 g/mol. The summed E-state index contributed by atoms with van der Waals surface area (Å²) >= 11 is 0. The van der Waals surface area contributed by atoms with Gasteiger partial charge in [0.2, 0.25) is 0 Å². The Bertz CT molecular complexity index is 1090. The highest BCUT2D eigenvalue weighted by atomic mass is 16.5. The fraction of sp³-hybridized carbons (Fsp3) is 0.174. The Morgan fingerprint density at radius 1 is 0.778 bits per heavy atom. The third-order valence-electron chi connectivity index (χ3n) is 5.09. The molecule has 1 aliphatic heterocycles. The van der Waals surface area contributed by atoms with Crippen LogP contribution in [0.25, 0.3) is 32.9 Å². The lowest BCUT2D eigenvalue weighted by Gasteiger charge is -2.30. The van der Waals surface area contributed by atoms with Crippen LogP contribution < -0.4 is 4.90 Å². The Morgan fingerprint density at radius 3 is 2.37 bits per heavy atom. The van der Waals surface area contributed by atoms with Crippen LogP contribution in [0, 0.1) is 0 Å². The largest absolute Gasteiger partial charge is 0.412 e. The molecule has 0 amide bonds. The summed E-state index contributed by atoms with van der Waals surface area (Å²) in [6.45, 7) is 3.40. The number of rotatable bonds is 2. The molecule has 136 valence electrons. The average Bonchev–Trinajstić information content (AvgIpc) is 2.73. The summed E-state index contributed by atoms with van der Waals surface area (Å²) in [5, 5.41) is 3.71. The summed E-state index contributed by atoms with van der Waals surface area (Å²) in [6, 6.07) is 25.7. The first kappa shape index (κ1) is 17.5. The molecule has 4 nitrogen and oxygen atoms in total. The molecule has 0 unspecified atom stereocenters. The highest BCUT2D eigenvalue weighted by molar-refractivity contribution is 5.95. The lowest BCUT2D eigenvalue weighted by Crippen LogP contribution is -2.36. The first-order chi connectivity index (χ1) is 12.9. The second-order valence-electron chi connectivity index (χ2n) is 6.71. The van der Waals surface area contributed by atoms with Crippen LogP contribution in [0.15, 0.2) is 72.8 Å². The van der Waals surface area contributed by atoms with Gasteiger partial charge < -0.3 is 15.1 Å². The van der Waals surface area contributed by atoms with Crippen molar-refractivity contribution in [3.8, 4) is 11.3 Å². The molecule has 3 aromatic carbocycles. The number of hydrogen-bond acceptors (Lipinski definition) is 3. The number of ether oxygens (including phenoxy) is 1. The first-order valence-corrected chi connectivity index (χ1v) is 9.10. The van der Waals surface area contributed by atoms with Crippen LogP contribution in [0.2, 0.25) is 0 Å². The molecule has 4 aromatic rings. The van der Waals surface area contributed by atoms with E-state index >= 15 is 0 Å². The number of fused-ring (bicyclic) bond motifs is 2. The number of benzene rings is 3. The molecular formula is C23H22N2O2. The molecular weight excluding hydrogens is 336 g/mol. The van der Waals surface area contributed by atoms with Crippen molar-refractivity contribution in [1.29, 1.82) is 0 Å². The van der Waals surface area contributed by atoms with Crippen molar-refractivity contribution in [3.63, 3.8) is 0 Å². The normalized spacial score (nSPS) is 14.3. The molecule has 1 aliphatic rings. The van der Waals surface area contributed by atoms with E-state index in [0.29, 0.717) is 0 Å². The van der Waals surface area contributed by atoms with E-state index in [9.17, 15) is 0 Å². The quantitative estimate of drug-likeness (QED) is 0.543. The highest BCUT2D eigenvalue weighted by Crippen LogP contribution is 2.32. The van der Waals surface area contributed by atoms with Crippen molar-refractivity contribution < 1.29 is 10.2 Å². The van der Waals surface area contributed by atoms with Gasteiger partial charge in [-0.15, -0.1) is 0 Å². The lowest BCUT2D eigenvalue weighted by molar-refractivity contribution is 0.123. The van der Waals surface area contributed by atoms with Crippen molar-refractivity contribution in [2.75, 3.05) is 31.2 Å². The van der Waals surface area contributed by atoms with Crippen molar-refractivity contribution in [3.05, 3.63) is 72.8 Å². The zero-order valence-electron chi connectivity index (χ0n) is 15.1. The molecule has 0 aliphatic carbocycles. The number of anilines is 1. The van der Waals surface area contributed by atoms with Crippen LogP contribution in [0.5, 0.6) is 0 Å². The topological polar surface area (TPSA) is 56.9 Å². The Labute approximate surface area is 158 Å². The summed E-state index contributed by atoms with van der Waals surface area (Å²) in [5.41, 5.74) is 4.47. The van der Waals surface area contributed by atoms with Crippen molar-refractivity contribution in [2.45, 2.75) is 0 Å². The van der Waals surface area contributed by atoms with E-state index in [4.69, 9.17) is 9.72 Å². The summed E-state index contributed by atoms with van der Waals surface area (Å²) in [6.07, 6.45) is 0. The van der Waals surface area contributed by atoms with E-state index in [0.717, 1.165) is 43.1 Å². The SMILES string of the molecule is O.c1ccc2cc(-c3cc(N4CCOCC4)c4ccccc4n3)ccc2c1. The molecule has 0 bridgehead atoms. The molecule has 1 aromatic heterocycles. The van der Waals surface area contributed by atoms with Crippen LogP contribution in [0.4, 0.5) is 5.69 Å². The standard InChI is InChI=1S/C23H20N2O.H2O/c1-2-6-18-15-19(10-9-17(18)5-1)22-16-23(25-11-13-26-14-12-25)20-7-3-4-8-21(20)24-22;/h1-10,15-16H,11-14H2;1H2. The third kappa shape index (κ3) is 3.25. The molecule has 0 spiro atoms. The minimum absolute atomic E-state index is 0. The van der Waals surface area contributed by atoms with Crippen LogP contribution in [0.3, 0.4) is 0 Å². The van der Waals surface area contributed by atoms with Crippen molar-refractivity contribution in [1.82, 2.24) is 4.98 Å². The van der Waals surface area contributed by atoms with Crippen LogP contribution >= 0.6 is 0 Å². The van der Waals surface area contributed by atoms with E-state index in [1.807, 2.05) is 0 Å². The van der Waals surface area contributed by atoms with Crippen LogP contribution in [-0.4, -0.2) is 36.8 Å². The summed E-state index contributed by atoms with van der Waals surface area (Å²) in [5.74, 6) is 0. The lowest BCUT2D eigenvalue weighted by atomic mass is 10.0. The van der Waals surface area contributed by atoms with Crippen molar-refractivity contribution in [2.24, 2.45) is 0 Å². The Balaban J connectivity index is 0.00000180. The van der Waals surface area contributed by atoms with Gasteiger partial charge in [-0.1, -0.05) is 54.6 Å². The van der Waals surface area contributed by atoms with Gasteiger partial charge in [0, 0.05) is 29.7 Å². The van der Waals surface area contributed by atoms with E-state index < -0.39 is 0 Å². The predicted molar refractivity (Wildman–Crippen MR) is 111 cm³/mol. The summed E-state index contributed by atoms with van der Waals surface area (Å²) in [4.78, 5) is 7.36. The second-order valence-corrected chi connectivity index (χ2v) is 6.71. The summed E-state index contributed by atoms with van der Waals surface area (Å²) in [7, 11) is 0. The van der Waals surface area contributed by atoms with Gasteiger partial charge in [0.1, 0.15) is 0 Å². The first-order valence-electron chi connectivity index (χ1n) is 9.10. The predicted octanol–water partition coefficient (Wildman–Crippen LogP) is 4.07. The van der Waals surface area contributed by atoms with Gasteiger partial charge in [-0.25, -0.2) is 4.98 Å². The second kappa shape index (κ2) is 7.35. The van der Waals surface area contributed by atoms with Gasteiger partial charge in [-0.3, -0.25) is 0 Å². The zero-order valence-corrected chi connectivity index (χ0v) is 15.1. The maximum Gasteiger partial charge on any atom is 0.0730 e. The molecule has 2 N–H and O–H groups in total. The number of para-hydroxylation sites is 1. The number of pyridine rings is 1. The Morgan fingerprint density at radius 2 is 1.52 bits per heavy atom. The molecule has 2 heterocycles. The van der Waals surface area contributed by atoms with Crippen molar-refractivity contribution >= 4 is 27.4 Å². The fourth-order valence-corrected chi connectivity index (χ4v) is 3.72. The number of hydrogen-bond donors (Lipinski definition) is 0. The number of nitrogens with zero attached hydrogens (tertiary/aromatic N) is 2. The van der Waals surface area contributed by atoms with E-state index in [1.165, 1.54) is 21.8 Å². The molecule has 0 atom stereocenters. The van der Waals surface area contributed by atoms with E-state index in [-0.39, 0.29) is 5.48 Å². The maximum atomic E-state index is 5.54. The Hall–Kier alpha value is -2.95. The molecule has 0 saturated carbocycles. The third-order valence-corrected chi connectivity index (χ3v) is 5.09. The molecule has 27 heavy (non-hydrogen) atoms. The van der Waals surface area contributed by atoms with Gasteiger partial charge in [0.05, 0.1) is 24.4 Å². The van der Waals surface area contributed by atoms with E-state index in [2.05, 4.69) is 77.7 Å². The summed E-state index contributed by atoms with van der Waals surface area (Å²) < 4.78 is 5.54. The number of morpholine rings is 1. The van der Waals surface area contributed by atoms with Gasteiger partial charge in [-0.2, -0.15) is 0 Å². The van der Waals surface area contributed by atoms with Crippen LogP contribution in [-0.2, 0) is 4.74 Å². The highest BCUT2D eigenvalue weighted by Gasteiger charge is 2.16. The maximum absolute atomic E-state index is 5.54. The molecule has 4 heteroatoms. The van der Waals surface area contributed by atoms with E-state index in [1.54, 1.807) is 0 Å². The van der Waals surface area contributed by atoms with Gasteiger partial charge in [0.25, 0.3) is 0 Å². The van der Waals surface area contributed by atoms with Crippen LogP contribution in [0.1, 0.15) is 0 Å². The number of aromatic nitrogens is 1. The smallest absolute Gasteiger partial charge is 0.0730 e.